The largest absolute Gasteiger partial charge is 0.384 e. The van der Waals surface area contributed by atoms with Crippen LogP contribution in [0.15, 0.2) is 6.20 Å². The van der Waals surface area contributed by atoms with E-state index in [1.807, 2.05) is 7.05 Å². The van der Waals surface area contributed by atoms with E-state index in [0.29, 0.717) is 10.4 Å². The van der Waals surface area contributed by atoms with Gasteiger partial charge in [-0.2, -0.15) is 5.10 Å². The summed E-state index contributed by atoms with van der Waals surface area (Å²) in [6, 6.07) is 0. The summed E-state index contributed by atoms with van der Waals surface area (Å²) >= 11 is 6.15. The van der Waals surface area contributed by atoms with Crippen LogP contribution in [0.2, 0.25) is 5.02 Å². The highest BCUT2D eigenvalue weighted by Gasteiger charge is 2.38. The molecule has 0 spiro atoms. The van der Waals surface area contributed by atoms with Crippen LogP contribution in [0.5, 0.6) is 0 Å². The number of aryl methyl sites for hydroxylation is 1. The van der Waals surface area contributed by atoms with E-state index in [9.17, 15) is 5.11 Å². The zero-order valence-corrected chi connectivity index (χ0v) is 11.6. The molecule has 1 aliphatic rings. The normalized spacial score (nSPS) is 29.0. The van der Waals surface area contributed by atoms with Crippen molar-refractivity contribution in [2.45, 2.75) is 51.6 Å². The van der Waals surface area contributed by atoms with Crippen LogP contribution in [0.1, 0.15) is 51.6 Å². The third-order valence-corrected chi connectivity index (χ3v) is 4.27. The molecule has 1 aliphatic carbocycles. The molecule has 96 valence electrons. The van der Waals surface area contributed by atoms with Gasteiger partial charge < -0.3 is 5.11 Å². The Morgan fingerprint density at radius 2 is 2.00 bits per heavy atom. The molecule has 0 amide bonds. The Labute approximate surface area is 108 Å². The molecule has 1 fully saturated rings. The Kier molecular flexibility index (Phi) is 3.25. The average molecular weight is 257 g/mol. The highest BCUT2D eigenvalue weighted by molar-refractivity contribution is 6.31. The number of nitrogens with zero attached hydrogens (tertiary/aromatic N) is 2. The molecule has 17 heavy (non-hydrogen) atoms. The van der Waals surface area contributed by atoms with E-state index in [-0.39, 0.29) is 0 Å². The van der Waals surface area contributed by atoms with Crippen molar-refractivity contribution in [3.63, 3.8) is 0 Å². The van der Waals surface area contributed by atoms with E-state index >= 15 is 0 Å². The molecule has 1 saturated carbocycles. The molecule has 1 atom stereocenters. The van der Waals surface area contributed by atoms with E-state index < -0.39 is 5.60 Å². The predicted molar refractivity (Wildman–Crippen MR) is 69.0 cm³/mol. The van der Waals surface area contributed by atoms with E-state index in [1.54, 1.807) is 10.9 Å². The topological polar surface area (TPSA) is 38.0 Å². The van der Waals surface area contributed by atoms with E-state index in [1.165, 1.54) is 0 Å². The SMILES string of the molecule is Cn1ncc(Cl)c1C1(O)CCCC(C)(C)CC1. The van der Waals surface area contributed by atoms with Crippen molar-refractivity contribution >= 4 is 11.6 Å². The van der Waals surface area contributed by atoms with Crippen LogP contribution in [0.3, 0.4) is 0 Å². The van der Waals surface area contributed by atoms with Crippen molar-refractivity contribution in [3.05, 3.63) is 16.9 Å². The lowest BCUT2D eigenvalue weighted by Crippen LogP contribution is -2.28. The minimum atomic E-state index is -0.809. The van der Waals surface area contributed by atoms with Crippen molar-refractivity contribution in [2.24, 2.45) is 12.5 Å². The average Bonchev–Trinajstić information content (AvgIpc) is 2.49. The van der Waals surface area contributed by atoms with Gasteiger partial charge in [-0.05, 0) is 37.5 Å². The lowest BCUT2D eigenvalue weighted by Gasteiger charge is -2.28. The minimum Gasteiger partial charge on any atom is -0.384 e. The second kappa shape index (κ2) is 4.29. The van der Waals surface area contributed by atoms with E-state index in [2.05, 4.69) is 18.9 Å². The minimum absolute atomic E-state index is 0.315. The first-order chi connectivity index (χ1) is 7.84. The van der Waals surface area contributed by atoms with Crippen LogP contribution >= 0.6 is 11.6 Å². The van der Waals surface area contributed by atoms with Crippen molar-refractivity contribution in [2.75, 3.05) is 0 Å². The molecule has 2 rings (SSSR count). The van der Waals surface area contributed by atoms with Crippen LogP contribution in [-0.2, 0) is 12.6 Å². The molecule has 1 heterocycles. The zero-order valence-electron chi connectivity index (χ0n) is 10.8. The second-order valence-electron chi connectivity index (χ2n) is 6.01. The molecule has 0 saturated heterocycles. The van der Waals surface area contributed by atoms with E-state index in [0.717, 1.165) is 37.8 Å². The van der Waals surface area contributed by atoms with Crippen molar-refractivity contribution in [1.29, 1.82) is 0 Å². The smallest absolute Gasteiger partial charge is 0.108 e. The molecule has 0 aliphatic heterocycles. The summed E-state index contributed by atoms with van der Waals surface area (Å²) in [5, 5.41) is 15.6. The van der Waals surface area contributed by atoms with Gasteiger partial charge in [-0.15, -0.1) is 0 Å². The van der Waals surface area contributed by atoms with Gasteiger partial charge in [-0.25, -0.2) is 0 Å². The molecular formula is C13H21ClN2O. The highest BCUT2D eigenvalue weighted by atomic mass is 35.5. The summed E-state index contributed by atoms with van der Waals surface area (Å²) in [7, 11) is 1.84. The zero-order chi connectivity index (χ0) is 12.7. The Morgan fingerprint density at radius 1 is 1.29 bits per heavy atom. The number of halogens is 1. The van der Waals surface area contributed by atoms with Gasteiger partial charge in [0.1, 0.15) is 5.60 Å². The van der Waals surface area contributed by atoms with Crippen LogP contribution < -0.4 is 0 Å². The Morgan fingerprint density at radius 3 is 2.59 bits per heavy atom. The third kappa shape index (κ3) is 2.50. The summed E-state index contributed by atoms with van der Waals surface area (Å²) in [6.45, 7) is 4.53. The number of aromatic nitrogens is 2. The fraction of sp³-hybridized carbons (Fsp3) is 0.769. The molecule has 4 heteroatoms. The van der Waals surface area contributed by atoms with E-state index in [4.69, 9.17) is 11.6 Å². The van der Waals surface area contributed by atoms with Crippen LogP contribution in [0, 0.1) is 5.41 Å². The van der Waals surface area contributed by atoms with Gasteiger partial charge in [0.25, 0.3) is 0 Å². The lowest BCUT2D eigenvalue weighted by atomic mass is 9.83. The first-order valence-electron chi connectivity index (χ1n) is 6.24. The van der Waals surface area contributed by atoms with Gasteiger partial charge in [0.15, 0.2) is 0 Å². The van der Waals surface area contributed by atoms with Crippen LogP contribution in [0.25, 0.3) is 0 Å². The maximum absolute atomic E-state index is 10.9. The van der Waals surface area contributed by atoms with Crippen molar-refractivity contribution < 1.29 is 5.11 Å². The van der Waals surface area contributed by atoms with Crippen molar-refractivity contribution in [3.8, 4) is 0 Å². The third-order valence-electron chi connectivity index (χ3n) is 3.99. The molecule has 0 aromatic carbocycles. The molecule has 3 nitrogen and oxygen atoms in total. The number of aliphatic hydroxyl groups is 1. The summed E-state index contributed by atoms with van der Waals surface area (Å²) in [5.74, 6) is 0. The van der Waals surface area contributed by atoms with Gasteiger partial charge in [0, 0.05) is 7.05 Å². The molecule has 1 N–H and O–H groups in total. The van der Waals surface area contributed by atoms with Gasteiger partial charge in [0.05, 0.1) is 16.9 Å². The molecule has 1 aromatic heterocycles. The second-order valence-corrected chi connectivity index (χ2v) is 6.42. The Bertz CT molecular complexity index is 394. The lowest BCUT2D eigenvalue weighted by molar-refractivity contribution is 0.0103. The first kappa shape index (κ1) is 12.9. The van der Waals surface area contributed by atoms with Gasteiger partial charge >= 0.3 is 0 Å². The Hall–Kier alpha value is -0.540. The van der Waals surface area contributed by atoms with Gasteiger partial charge in [0.2, 0.25) is 0 Å². The van der Waals surface area contributed by atoms with Crippen molar-refractivity contribution in [1.82, 2.24) is 9.78 Å². The summed E-state index contributed by atoms with van der Waals surface area (Å²) in [4.78, 5) is 0. The van der Waals surface area contributed by atoms with Crippen LogP contribution in [0.4, 0.5) is 0 Å². The molecule has 0 bridgehead atoms. The standard InChI is InChI=1S/C13H21ClN2O/c1-12(2)5-4-6-13(17,8-7-12)11-10(14)9-15-16(11)3/h9,17H,4-8H2,1-3H3. The number of hydrogen-bond donors (Lipinski definition) is 1. The quantitative estimate of drug-likeness (QED) is 0.784. The Balaban J connectivity index is 2.31. The highest BCUT2D eigenvalue weighted by Crippen LogP contribution is 2.44. The number of hydrogen-bond acceptors (Lipinski definition) is 2. The fourth-order valence-electron chi connectivity index (χ4n) is 2.83. The van der Waals surface area contributed by atoms with Crippen LogP contribution in [-0.4, -0.2) is 14.9 Å². The summed E-state index contributed by atoms with van der Waals surface area (Å²) in [6.07, 6.45) is 6.36. The predicted octanol–water partition coefficient (Wildman–Crippen LogP) is 3.25. The monoisotopic (exact) mass is 256 g/mol. The number of rotatable bonds is 1. The molecular weight excluding hydrogens is 236 g/mol. The molecule has 0 radical (unpaired) electrons. The molecule has 1 unspecified atom stereocenters. The fourth-order valence-corrected chi connectivity index (χ4v) is 3.17. The summed E-state index contributed by atoms with van der Waals surface area (Å²) < 4.78 is 1.71. The molecule has 1 aromatic rings. The summed E-state index contributed by atoms with van der Waals surface area (Å²) in [5.41, 5.74) is 0.280. The maximum Gasteiger partial charge on any atom is 0.108 e. The van der Waals surface area contributed by atoms with Gasteiger partial charge in [-0.3, -0.25) is 4.68 Å². The first-order valence-corrected chi connectivity index (χ1v) is 6.62. The maximum atomic E-state index is 10.9. The van der Waals surface area contributed by atoms with Gasteiger partial charge in [-0.1, -0.05) is 25.4 Å².